The summed E-state index contributed by atoms with van der Waals surface area (Å²) in [6, 6.07) is 15.1. The lowest BCUT2D eigenvalue weighted by Crippen LogP contribution is -2.23. The zero-order valence-electron chi connectivity index (χ0n) is 21.7. The fraction of sp³-hybridized carbons (Fsp3) is 0.276. The second kappa shape index (κ2) is 12.0. The zero-order valence-corrected chi connectivity index (χ0v) is 25.5. The zero-order chi connectivity index (χ0) is 27.5. The molecule has 0 radical (unpaired) electrons. The van der Waals surface area contributed by atoms with Crippen LogP contribution in [0.4, 0.5) is 0 Å². The molecule has 1 aromatic heterocycles. The highest BCUT2D eigenvalue weighted by molar-refractivity contribution is 14.1. The third-order valence-corrected chi connectivity index (χ3v) is 7.66. The van der Waals surface area contributed by atoms with Gasteiger partial charge in [0.25, 0.3) is 5.56 Å². The minimum atomic E-state index is -0.212. The molecule has 2 heterocycles. The smallest absolute Gasteiger partial charge is 0.282 e. The predicted octanol–water partition coefficient (Wildman–Crippen LogP) is 6.87. The fourth-order valence-electron chi connectivity index (χ4n) is 4.16. The quantitative estimate of drug-likeness (QED) is 0.140. The molecule has 0 bridgehead atoms. The van der Waals surface area contributed by atoms with E-state index < -0.39 is 0 Å². The van der Waals surface area contributed by atoms with Crippen molar-refractivity contribution in [3.8, 4) is 23.0 Å². The fourth-order valence-corrected chi connectivity index (χ4v) is 5.30. The molecule has 0 fully saturated rings. The second-order valence-corrected chi connectivity index (χ2v) is 11.1. The van der Waals surface area contributed by atoms with Crippen molar-refractivity contribution >= 4 is 55.6 Å². The Kier molecular flexibility index (Phi) is 8.41. The maximum atomic E-state index is 13.4. The van der Waals surface area contributed by atoms with Crippen LogP contribution in [-0.2, 0) is 6.61 Å². The number of hydrogen-bond donors (Lipinski definition) is 0. The summed E-state index contributed by atoms with van der Waals surface area (Å²) in [5, 5.41) is 5.10. The molecular weight excluding hydrogens is 677 g/mol. The average molecular weight is 704 g/mol. The topological polar surface area (TPSA) is 84.2 Å². The van der Waals surface area contributed by atoms with Crippen molar-refractivity contribution < 1.29 is 18.9 Å². The first-order chi connectivity index (χ1) is 18.9. The third-order valence-electron chi connectivity index (χ3n) is 6.36. The van der Waals surface area contributed by atoms with Gasteiger partial charge in [-0.2, -0.15) is 9.78 Å². The van der Waals surface area contributed by atoms with Gasteiger partial charge in [0.15, 0.2) is 23.0 Å². The molecule has 0 saturated carbocycles. The first kappa shape index (κ1) is 27.4. The molecule has 8 nitrogen and oxygen atoms in total. The Balaban J connectivity index is 1.47. The van der Waals surface area contributed by atoms with Crippen LogP contribution in [0.25, 0.3) is 10.9 Å². The van der Waals surface area contributed by atoms with Crippen molar-refractivity contribution in [1.82, 2.24) is 9.66 Å². The van der Waals surface area contributed by atoms with Gasteiger partial charge in [-0.05, 0) is 89.5 Å². The maximum Gasteiger partial charge on any atom is 0.282 e. The summed E-state index contributed by atoms with van der Waals surface area (Å²) in [5.74, 6) is 3.36. The molecule has 39 heavy (non-hydrogen) atoms. The van der Waals surface area contributed by atoms with Crippen LogP contribution in [0.1, 0.15) is 50.1 Å². The van der Waals surface area contributed by atoms with Crippen molar-refractivity contribution in [2.75, 3.05) is 13.4 Å². The summed E-state index contributed by atoms with van der Waals surface area (Å²) in [6.45, 7) is 7.07. The number of hydrogen-bond acceptors (Lipinski definition) is 7. The van der Waals surface area contributed by atoms with Crippen LogP contribution >= 0.6 is 38.5 Å². The minimum absolute atomic E-state index is 0.0500. The molecule has 0 amide bonds. The van der Waals surface area contributed by atoms with Crippen LogP contribution in [0.15, 0.2) is 62.9 Å². The lowest BCUT2D eigenvalue weighted by Gasteiger charge is -2.15. The second-order valence-electron chi connectivity index (χ2n) is 9.04. The molecule has 1 atom stereocenters. The van der Waals surface area contributed by atoms with Crippen LogP contribution in [0.2, 0.25) is 0 Å². The lowest BCUT2D eigenvalue weighted by atomic mass is 10.1. The van der Waals surface area contributed by atoms with E-state index in [9.17, 15) is 4.79 Å². The Morgan fingerprint density at radius 1 is 1.13 bits per heavy atom. The summed E-state index contributed by atoms with van der Waals surface area (Å²) < 4.78 is 26.0. The molecule has 3 aromatic carbocycles. The number of benzene rings is 3. The first-order valence-corrected chi connectivity index (χ1v) is 14.5. The van der Waals surface area contributed by atoms with Gasteiger partial charge < -0.3 is 18.9 Å². The molecule has 0 aliphatic carbocycles. The van der Waals surface area contributed by atoms with Gasteiger partial charge in [0.1, 0.15) is 12.4 Å². The summed E-state index contributed by atoms with van der Waals surface area (Å²) in [7, 11) is 0. The van der Waals surface area contributed by atoms with Gasteiger partial charge in [0.05, 0.1) is 27.3 Å². The average Bonchev–Trinajstić information content (AvgIpc) is 3.40. The Morgan fingerprint density at radius 2 is 1.95 bits per heavy atom. The van der Waals surface area contributed by atoms with Crippen molar-refractivity contribution in [2.24, 2.45) is 5.10 Å². The van der Waals surface area contributed by atoms with E-state index in [1.165, 1.54) is 4.68 Å². The highest BCUT2D eigenvalue weighted by atomic mass is 127. The monoisotopic (exact) mass is 703 g/mol. The van der Waals surface area contributed by atoms with Gasteiger partial charge in [0, 0.05) is 10.4 Å². The SMILES string of the molecule is CCOc1cc(C=Nn2c([C@H](C)CC)nc3ccc(Br)cc3c2=O)cc(I)c1OCc1ccc2c(c1)OCO2. The van der Waals surface area contributed by atoms with E-state index in [-0.39, 0.29) is 18.3 Å². The number of rotatable bonds is 9. The van der Waals surface area contributed by atoms with Crippen LogP contribution in [0, 0.1) is 3.57 Å². The molecule has 202 valence electrons. The summed E-state index contributed by atoms with van der Waals surface area (Å²) >= 11 is 5.68. The van der Waals surface area contributed by atoms with Gasteiger partial charge in [-0.15, -0.1) is 0 Å². The van der Waals surface area contributed by atoms with E-state index in [0.717, 1.165) is 31.3 Å². The molecule has 0 unspecified atom stereocenters. The van der Waals surface area contributed by atoms with Crippen molar-refractivity contribution in [3.05, 3.63) is 83.9 Å². The maximum absolute atomic E-state index is 13.4. The molecule has 4 aromatic rings. The molecule has 0 N–H and O–H groups in total. The Bertz CT molecular complexity index is 1620. The molecule has 1 aliphatic rings. The number of aromatic nitrogens is 2. The molecule has 5 rings (SSSR count). The molecule has 0 spiro atoms. The Labute approximate surface area is 248 Å². The van der Waals surface area contributed by atoms with Gasteiger partial charge in [-0.25, -0.2) is 4.98 Å². The van der Waals surface area contributed by atoms with Gasteiger partial charge >= 0.3 is 0 Å². The molecule has 1 aliphatic heterocycles. The normalized spacial score (nSPS) is 13.3. The van der Waals surface area contributed by atoms with E-state index >= 15 is 0 Å². The molecule has 0 saturated heterocycles. The number of ether oxygens (including phenoxy) is 4. The van der Waals surface area contributed by atoms with E-state index in [1.54, 1.807) is 12.3 Å². The molecule has 10 heteroatoms. The van der Waals surface area contributed by atoms with Gasteiger partial charge in [-0.1, -0.05) is 35.8 Å². The van der Waals surface area contributed by atoms with E-state index in [0.29, 0.717) is 47.2 Å². The van der Waals surface area contributed by atoms with E-state index in [4.69, 9.17) is 23.9 Å². The van der Waals surface area contributed by atoms with Crippen molar-refractivity contribution in [3.63, 3.8) is 0 Å². The summed E-state index contributed by atoms with van der Waals surface area (Å²) in [6.07, 6.45) is 2.48. The third kappa shape index (κ3) is 5.91. The number of halogens is 2. The lowest BCUT2D eigenvalue weighted by molar-refractivity contribution is 0.174. The predicted molar refractivity (Wildman–Crippen MR) is 163 cm³/mol. The summed E-state index contributed by atoms with van der Waals surface area (Å²) in [5.41, 5.74) is 2.17. The number of nitrogens with zero attached hydrogens (tertiary/aromatic N) is 3. The van der Waals surface area contributed by atoms with Crippen LogP contribution < -0.4 is 24.5 Å². The Morgan fingerprint density at radius 3 is 2.74 bits per heavy atom. The van der Waals surface area contributed by atoms with Crippen LogP contribution in [0.5, 0.6) is 23.0 Å². The van der Waals surface area contributed by atoms with Gasteiger partial charge in [0.2, 0.25) is 6.79 Å². The largest absolute Gasteiger partial charge is 0.490 e. The Hall–Kier alpha value is -3.12. The first-order valence-electron chi connectivity index (χ1n) is 12.6. The van der Waals surface area contributed by atoms with Gasteiger partial charge in [-0.3, -0.25) is 4.79 Å². The van der Waals surface area contributed by atoms with Crippen LogP contribution in [-0.4, -0.2) is 29.3 Å². The van der Waals surface area contributed by atoms with E-state index in [1.807, 2.05) is 56.3 Å². The number of fused-ring (bicyclic) bond motifs is 2. The highest BCUT2D eigenvalue weighted by Crippen LogP contribution is 2.36. The van der Waals surface area contributed by atoms with E-state index in [2.05, 4.69) is 50.5 Å². The van der Waals surface area contributed by atoms with Crippen molar-refractivity contribution in [2.45, 2.75) is 39.7 Å². The standard InChI is InChI=1S/C29H27BrIN3O5/c1-4-17(3)28-33-23-8-7-20(30)13-21(23)29(35)34(28)32-14-19-10-22(31)27(26(12-19)36-5-2)37-15-18-6-9-24-25(11-18)39-16-38-24/h6-14,17H,4-5,15-16H2,1-3H3/t17-/m1/s1. The summed E-state index contributed by atoms with van der Waals surface area (Å²) in [4.78, 5) is 18.2. The molecular formula is C29H27BrIN3O5. The van der Waals surface area contributed by atoms with Crippen molar-refractivity contribution in [1.29, 1.82) is 0 Å². The van der Waals surface area contributed by atoms with Crippen LogP contribution in [0.3, 0.4) is 0 Å². The highest BCUT2D eigenvalue weighted by Gasteiger charge is 2.18. The minimum Gasteiger partial charge on any atom is -0.490 e.